The molecule has 1 fully saturated rings. The average molecular weight is 470 g/mol. The number of H-pyrrole nitrogens is 1. The number of halogens is 2. The van der Waals surface area contributed by atoms with E-state index in [9.17, 15) is 13.6 Å². The van der Waals surface area contributed by atoms with Gasteiger partial charge in [0.2, 0.25) is 0 Å². The van der Waals surface area contributed by atoms with Gasteiger partial charge in [-0.25, -0.2) is 4.98 Å². The lowest BCUT2D eigenvalue weighted by Gasteiger charge is -2.31. The number of fused-ring (bicyclic) bond motifs is 2. The van der Waals surface area contributed by atoms with Crippen molar-refractivity contribution in [3.63, 3.8) is 0 Å². The fourth-order valence-electron chi connectivity index (χ4n) is 4.84. The summed E-state index contributed by atoms with van der Waals surface area (Å²) >= 11 is 0. The normalized spacial score (nSPS) is 20.7. The summed E-state index contributed by atoms with van der Waals surface area (Å²) in [5, 5.41) is 14.6. The standard InChI is InChI=1S/C25H29F2N5O2/c1-14-3-8-19-17(11-14)21(12-22(30-19)25(2,26)27)28-15-4-6-16(7-5-15)29-24(33)23-18-13-34-10-9-20(18)31-32-23/h3,8,11-12,15-16H,4-7,9-10,13H2,1-2H3,(H,28,30)(H,29,33)(H,31,32). The van der Waals surface area contributed by atoms with E-state index < -0.39 is 5.92 Å². The average Bonchev–Trinajstić information content (AvgIpc) is 3.24. The quantitative estimate of drug-likeness (QED) is 0.508. The van der Waals surface area contributed by atoms with Crippen LogP contribution in [0.15, 0.2) is 24.3 Å². The Kier molecular flexibility index (Phi) is 5.97. The lowest BCUT2D eigenvalue weighted by molar-refractivity contribution is 0.0131. The molecule has 9 heteroatoms. The third-order valence-corrected chi connectivity index (χ3v) is 6.75. The molecular formula is C25H29F2N5O2. The van der Waals surface area contributed by atoms with E-state index in [2.05, 4.69) is 25.8 Å². The number of ether oxygens (including phenoxy) is 1. The Morgan fingerprint density at radius 3 is 2.71 bits per heavy atom. The Morgan fingerprint density at radius 2 is 1.94 bits per heavy atom. The van der Waals surface area contributed by atoms with Crippen molar-refractivity contribution < 1.29 is 18.3 Å². The predicted molar refractivity (Wildman–Crippen MR) is 125 cm³/mol. The van der Waals surface area contributed by atoms with Crippen LogP contribution in [0.5, 0.6) is 0 Å². The number of aromatic amines is 1. The second-order valence-corrected chi connectivity index (χ2v) is 9.46. The molecule has 1 aliphatic heterocycles. The molecule has 3 N–H and O–H groups in total. The van der Waals surface area contributed by atoms with Crippen molar-refractivity contribution in [3.8, 4) is 0 Å². The van der Waals surface area contributed by atoms with Gasteiger partial charge < -0.3 is 15.4 Å². The number of hydrogen-bond donors (Lipinski definition) is 3. The molecule has 0 unspecified atom stereocenters. The first-order chi connectivity index (χ1) is 16.3. The van der Waals surface area contributed by atoms with Crippen LogP contribution >= 0.6 is 0 Å². The molecule has 1 aromatic carbocycles. The SMILES string of the molecule is Cc1ccc2nc(C(C)(F)F)cc(NC3CCC(NC(=O)c4n[nH]c5c4COCC5)CC3)c2c1. The summed E-state index contributed by atoms with van der Waals surface area (Å²) < 4.78 is 33.6. The highest BCUT2D eigenvalue weighted by Gasteiger charge is 2.29. The monoisotopic (exact) mass is 469 g/mol. The molecule has 1 amide bonds. The molecule has 1 aliphatic carbocycles. The fraction of sp³-hybridized carbons (Fsp3) is 0.480. The van der Waals surface area contributed by atoms with E-state index in [1.165, 1.54) is 6.07 Å². The van der Waals surface area contributed by atoms with Gasteiger partial charge in [-0.15, -0.1) is 0 Å². The van der Waals surface area contributed by atoms with Gasteiger partial charge in [0.15, 0.2) is 5.69 Å². The molecule has 3 aromatic rings. The van der Waals surface area contributed by atoms with Gasteiger partial charge in [-0.3, -0.25) is 9.89 Å². The minimum absolute atomic E-state index is 0.0503. The highest BCUT2D eigenvalue weighted by molar-refractivity contribution is 5.94. The van der Waals surface area contributed by atoms with E-state index >= 15 is 0 Å². The van der Waals surface area contributed by atoms with E-state index in [-0.39, 0.29) is 23.7 Å². The molecule has 180 valence electrons. The Labute approximate surface area is 196 Å². The summed E-state index contributed by atoms with van der Waals surface area (Å²) in [4.78, 5) is 17.0. The van der Waals surface area contributed by atoms with Crippen LogP contribution in [0.2, 0.25) is 0 Å². The van der Waals surface area contributed by atoms with Crippen molar-refractivity contribution in [1.29, 1.82) is 0 Å². The number of aryl methyl sites for hydroxylation is 1. The Hall–Kier alpha value is -3.07. The molecule has 5 rings (SSSR count). The number of aromatic nitrogens is 3. The van der Waals surface area contributed by atoms with Crippen LogP contribution in [0.1, 0.15) is 65.6 Å². The summed E-state index contributed by atoms with van der Waals surface area (Å²) in [6.45, 7) is 3.89. The van der Waals surface area contributed by atoms with Crippen LogP contribution in [-0.2, 0) is 23.7 Å². The number of rotatable bonds is 5. The number of carbonyl (C=O) groups is 1. The topological polar surface area (TPSA) is 91.9 Å². The number of hydrogen-bond acceptors (Lipinski definition) is 5. The van der Waals surface area contributed by atoms with Crippen LogP contribution in [0.3, 0.4) is 0 Å². The molecule has 0 radical (unpaired) electrons. The molecule has 0 bridgehead atoms. The molecular weight excluding hydrogens is 440 g/mol. The molecule has 0 atom stereocenters. The van der Waals surface area contributed by atoms with Crippen molar-refractivity contribution in [2.24, 2.45) is 0 Å². The van der Waals surface area contributed by atoms with Gasteiger partial charge in [0.05, 0.1) is 18.7 Å². The third kappa shape index (κ3) is 4.61. The Morgan fingerprint density at radius 1 is 1.18 bits per heavy atom. The van der Waals surface area contributed by atoms with Crippen LogP contribution in [0.4, 0.5) is 14.5 Å². The molecule has 34 heavy (non-hydrogen) atoms. The highest BCUT2D eigenvalue weighted by Crippen LogP contribution is 2.34. The summed E-state index contributed by atoms with van der Waals surface area (Å²) in [6.07, 6.45) is 3.97. The van der Waals surface area contributed by atoms with Gasteiger partial charge in [0.25, 0.3) is 11.8 Å². The fourth-order valence-corrected chi connectivity index (χ4v) is 4.84. The zero-order chi connectivity index (χ0) is 23.9. The lowest BCUT2D eigenvalue weighted by atomic mass is 9.90. The highest BCUT2D eigenvalue weighted by atomic mass is 19.3. The van der Waals surface area contributed by atoms with Crippen molar-refractivity contribution in [1.82, 2.24) is 20.5 Å². The maximum atomic E-state index is 14.1. The number of carbonyl (C=O) groups excluding carboxylic acids is 1. The maximum Gasteiger partial charge on any atom is 0.287 e. The second-order valence-electron chi connectivity index (χ2n) is 9.46. The molecule has 2 aliphatic rings. The first-order valence-electron chi connectivity index (χ1n) is 11.8. The molecule has 0 saturated heterocycles. The molecule has 1 saturated carbocycles. The summed E-state index contributed by atoms with van der Waals surface area (Å²) in [6, 6.07) is 7.29. The van der Waals surface area contributed by atoms with Gasteiger partial charge >= 0.3 is 0 Å². The van der Waals surface area contributed by atoms with Gasteiger partial charge in [-0.05, 0) is 50.8 Å². The smallest absolute Gasteiger partial charge is 0.287 e. The second kappa shape index (κ2) is 8.94. The van der Waals surface area contributed by atoms with Crippen LogP contribution in [-0.4, -0.2) is 39.8 Å². The Bertz CT molecular complexity index is 1210. The summed E-state index contributed by atoms with van der Waals surface area (Å²) in [5.74, 6) is -3.20. The van der Waals surface area contributed by atoms with Crippen LogP contribution < -0.4 is 10.6 Å². The lowest BCUT2D eigenvalue weighted by Crippen LogP contribution is -2.40. The summed E-state index contributed by atoms with van der Waals surface area (Å²) in [7, 11) is 0. The van der Waals surface area contributed by atoms with Crippen molar-refractivity contribution in [2.45, 2.75) is 70.6 Å². The maximum absolute atomic E-state index is 14.1. The van der Waals surface area contributed by atoms with Crippen molar-refractivity contribution >= 4 is 22.5 Å². The predicted octanol–water partition coefficient (Wildman–Crippen LogP) is 4.60. The molecule has 7 nitrogen and oxygen atoms in total. The number of alkyl halides is 2. The first-order valence-corrected chi connectivity index (χ1v) is 11.8. The van der Waals surface area contributed by atoms with Crippen LogP contribution in [0.25, 0.3) is 10.9 Å². The van der Waals surface area contributed by atoms with E-state index in [0.717, 1.165) is 61.2 Å². The number of nitrogens with zero attached hydrogens (tertiary/aromatic N) is 2. The summed E-state index contributed by atoms with van der Waals surface area (Å²) in [5.41, 5.74) is 4.29. The van der Waals surface area contributed by atoms with E-state index in [1.54, 1.807) is 6.07 Å². The zero-order valence-corrected chi connectivity index (χ0v) is 19.4. The minimum atomic E-state index is -3.02. The Balaban J connectivity index is 1.25. The number of anilines is 1. The minimum Gasteiger partial charge on any atom is -0.382 e. The van der Waals surface area contributed by atoms with E-state index in [1.807, 2.05) is 19.1 Å². The van der Waals surface area contributed by atoms with E-state index in [0.29, 0.717) is 30.1 Å². The van der Waals surface area contributed by atoms with Gasteiger partial charge in [-0.2, -0.15) is 13.9 Å². The van der Waals surface area contributed by atoms with Crippen LogP contribution in [0, 0.1) is 6.92 Å². The molecule has 2 aromatic heterocycles. The van der Waals surface area contributed by atoms with Gasteiger partial charge in [0, 0.05) is 47.8 Å². The number of nitrogens with one attached hydrogen (secondary N) is 3. The number of amides is 1. The zero-order valence-electron chi connectivity index (χ0n) is 19.4. The largest absolute Gasteiger partial charge is 0.382 e. The number of pyridine rings is 1. The number of benzene rings is 1. The van der Waals surface area contributed by atoms with Crippen molar-refractivity contribution in [2.75, 3.05) is 11.9 Å². The van der Waals surface area contributed by atoms with E-state index in [4.69, 9.17) is 4.74 Å². The van der Waals surface area contributed by atoms with Gasteiger partial charge in [-0.1, -0.05) is 11.6 Å². The molecule has 0 spiro atoms. The van der Waals surface area contributed by atoms with Gasteiger partial charge in [0.1, 0.15) is 5.69 Å². The third-order valence-electron chi connectivity index (χ3n) is 6.75. The first kappa shape index (κ1) is 22.7. The molecule has 3 heterocycles. The van der Waals surface area contributed by atoms with Crippen molar-refractivity contribution in [3.05, 3.63) is 52.5 Å².